The number of carbonyl (C=O) groups is 2. The fraction of sp³-hybridized carbons (Fsp3) is 0.438. The lowest BCUT2D eigenvalue weighted by atomic mass is 10.1. The molecular weight excluding hydrogens is 282 g/mol. The van der Waals surface area contributed by atoms with E-state index in [0.717, 1.165) is 0 Å². The van der Waals surface area contributed by atoms with E-state index in [4.69, 9.17) is 10.00 Å². The first kappa shape index (κ1) is 16.0. The van der Waals surface area contributed by atoms with E-state index in [2.05, 4.69) is 6.07 Å². The maximum Gasteiger partial charge on any atom is 0.246 e. The Hall–Kier alpha value is -2.39. The van der Waals surface area contributed by atoms with Gasteiger partial charge in [-0.2, -0.15) is 5.26 Å². The van der Waals surface area contributed by atoms with Gasteiger partial charge in [-0.1, -0.05) is 6.07 Å². The lowest BCUT2D eigenvalue weighted by Crippen LogP contribution is -2.52. The summed E-state index contributed by atoms with van der Waals surface area (Å²) in [6.45, 7) is 3.84. The molecule has 6 nitrogen and oxygen atoms in total. The Morgan fingerprint density at radius 1 is 1.41 bits per heavy atom. The molecule has 1 aliphatic heterocycles. The number of nitriles is 1. The van der Waals surface area contributed by atoms with Crippen LogP contribution in [0.4, 0.5) is 5.69 Å². The molecule has 22 heavy (non-hydrogen) atoms. The number of ether oxygens (including phenoxy) is 1. The Morgan fingerprint density at radius 3 is 2.91 bits per heavy atom. The number of anilines is 1. The minimum absolute atomic E-state index is 0.0628. The largest absolute Gasteiger partial charge is 0.381 e. The van der Waals surface area contributed by atoms with Crippen molar-refractivity contribution in [2.24, 2.45) is 0 Å². The second-order valence-corrected chi connectivity index (χ2v) is 4.97. The summed E-state index contributed by atoms with van der Waals surface area (Å²) in [5.41, 5.74) is 1.21. The number of hydrogen-bond acceptors (Lipinski definition) is 4. The highest BCUT2D eigenvalue weighted by molar-refractivity contribution is 5.98. The van der Waals surface area contributed by atoms with Gasteiger partial charge in [0, 0.05) is 25.4 Å². The highest BCUT2D eigenvalue weighted by Gasteiger charge is 2.27. The lowest BCUT2D eigenvalue weighted by Gasteiger charge is -2.34. The molecular formula is C16H19N3O3. The molecule has 1 aliphatic rings. The molecule has 0 atom stereocenters. The highest BCUT2D eigenvalue weighted by Crippen LogP contribution is 2.19. The SMILES string of the molecule is CCOCCC(=O)N1CCN(c2cccc(C#N)c2)C(=O)C1. The van der Waals surface area contributed by atoms with Gasteiger partial charge in [-0.25, -0.2) is 0 Å². The topological polar surface area (TPSA) is 73.6 Å². The van der Waals surface area contributed by atoms with Gasteiger partial charge in [0.15, 0.2) is 0 Å². The summed E-state index contributed by atoms with van der Waals surface area (Å²) in [6.07, 6.45) is 0.297. The van der Waals surface area contributed by atoms with Gasteiger partial charge in [0.05, 0.1) is 24.7 Å². The predicted molar refractivity (Wildman–Crippen MR) is 81.2 cm³/mol. The molecule has 1 aromatic carbocycles. The van der Waals surface area contributed by atoms with Crippen LogP contribution in [0.1, 0.15) is 18.9 Å². The average molecular weight is 301 g/mol. The van der Waals surface area contributed by atoms with Crippen LogP contribution in [0.5, 0.6) is 0 Å². The molecule has 1 saturated heterocycles. The van der Waals surface area contributed by atoms with Crippen LogP contribution in [0.15, 0.2) is 24.3 Å². The van der Waals surface area contributed by atoms with Crippen molar-refractivity contribution in [1.82, 2.24) is 4.90 Å². The Bertz CT molecular complexity index is 595. The molecule has 0 N–H and O–H groups in total. The van der Waals surface area contributed by atoms with Crippen molar-refractivity contribution >= 4 is 17.5 Å². The Kier molecular flexibility index (Phi) is 5.50. The van der Waals surface area contributed by atoms with E-state index < -0.39 is 0 Å². The molecule has 6 heteroatoms. The van der Waals surface area contributed by atoms with Crippen LogP contribution < -0.4 is 4.90 Å². The zero-order valence-corrected chi connectivity index (χ0v) is 12.6. The van der Waals surface area contributed by atoms with Crippen LogP contribution in [-0.2, 0) is 14.3 Å². The minimum Gasteiger partial charge on any atom is -0.381 e. The van der Waals surface area contributed by atoms with Crippen LogP contribution in [0.2, 0.25) is 0 Å². The molecule has 0 saturated carbocycles. The zero-order chi connectivity index (χ0) is 15.9. The maximum absolute atomic E-state index is 12.3. The minimum atomic E-state index is -0.133. The van der Waals surface area contributed by atoms with Crippen LogP contribution >= 0.6 is 0 Å². The van der Waals surface area contributed by atoms with Crippen LogP contribution in [0, 0.1) is 11.3 Å². The van der Waals surface area contributed by atoms with Crippen LogP contribution in [0.25, 0.3) is 0 Å². The molecule has 1 fully saturated rings. The highest BCUT2D eigenvalue weighted by atomic mass is 16.5. The van der Waals surface area contributed by atoms with Crippen molar-refractivity contribution < 1.29 is 14.3 Å². The van der Waals surface area contributed by atoms with E-state index >= 15 is 0 Å². The van der Waals surface area contributed by atoms with Gasteiger partial charge in [-0.05, 0) is 25.1 Å². The van der Waals surface area contributed by atoms with E-state index in [0.29, 0.717) is 44.0 Å². The smallest absolute Gasteiger partial charge is 0.246 e. The van der Waals surface area contributed by atoms with E-state index in [9.17, 15) is 9.59 Å². The van der Waals surface area contributed by atoms with Crippen LogP contribution in [0.3, 0.4) is 0 Å². The Balaban J connectivity index is 1.96. The number of nitrogens with zero attached hydrogens (tertiary/aromatic N) is 3. The summed E-state index contributed by atoms with van der Waals surface area (Å²) in [5.74, 6) is -0.196. The molecule has 0 spiro atoms. The van der Waals surface area contributed by atoms with E-state index in [-0.39, 0.29) is 18.4 Å². The number of benzene rings is 1. The van der Waals surface area contributed by atoms with Gasteiger partial charge in [0.25, 0.3) is 0 Å². The summed E-state index contributed by atoms with van der Waals surface area (Å²) >= 11 is 0. The lowest BCUT2D eigenvalue weighted by molar-refractivity contribution is -0.137. The zero-order valence-electron chi connectivity index (χ0n) is 12.6. The molecule has 2 amide bonds. The first-order chi connectivity index (χ1) is 10.7. The van der Waals surface area contributed by atoms with Crippen molar-refractivity contribution in [1.29, 1.82) is 5.26 Å². The number of rotatable bonds is 5. The number of piperazine rings is 1. The van der Waals surface area contributed by atoms with Gasteiger partial charge in [-0.15, -0.1) is 0 Å². The first-order valence-electron chi connectivity index (χ1n) is 7.31. The third kappa shape index (κ3) is 3.83. The Morgan fingerprint density at radius 2 is 2.23 bits per heavy atom. The molecule has 0 aliphatic carbocycles. The molecule has 1 heterocycles. The molecule has 1 aromatic rings. The predicted octanol–water partition coefficient (Wildman–Crippen LogP) is 1.16. The Labute approximate surface area is 129 Å². The van der Waals surface area contributed by atoms with Crippen molar-refractivity contribution in [3.63, 3.8) is 0 Å². The van der Waals surface area contributed by atoms with Gasteiger partial charge in [0.1, 0.15) is 6.54 Å². The quantitative estimate of drug-likeness (QED) is 0.765. The van der Waals surface area contributed by atoms with E-state index in [1.807, 2.05) is 6.92 Å². The van der Waals surface area contributed by atoms with Crippen LogP contribution in [-0.4, -0.2) is 49.6 Å². The van der Waals surface area contributed by atoms with Gasteiger partial charge >= 0.3 is 0 Å². The number of hydrogen-bond donors (Lipinski definition) is 0. The fourth-order valence-corrected chi connectivity index (χ4v) is 2.36. The molecule has 0 unspecified atom stereocenters. The average Bonchev–Trinajstić information content (AvgIpc) is 2.55. The second-order valence-electron chi connectivity index (χ2n) is 4.97. The van der Waals surface area contributed by atoms with Gasteiger partial charge < -0.3 is 14.5 Å². The van der Waals surface area contributed by atoms with Crippen molar-refractivity contribution in [3.05, 3.63) is 29.8 Å². The standard InChI is InChI=1S/C16H19N3O3/c1-2-22-9-6-15(20)18-7-8-19(16(21)12-18)14-5-3-4-13(10-14)11-17/h3-5,10H,2,6-9,12H2,1H3. The second kappa shape index (κ2) is 7.57. The normalized spacial score (nSPS) is 14.8. The molecule has 0 radical (unpaired) electrons. The number of carbonyl (C=O) groups excluding carboxylic acids is 2. The van der Waals surface area contributed by atoms with E-state index in [1.165, 1.54) is 0 Å². The maximum atomic E-state index is 12.3. The fourth-order valence-electron chi connectivity index (χ4n) is 2.36. The first-order valence-corrected chi connectivity index (χ1v) is 7.31. The summed E-state index contributed by atoms with van der Waals surface area (Å²) in [6, 6.07) is 8.99. The van der Waals surface area contributed by atoms with Crippen molar-refractivity contribution in [3.8, 4) is 6.07 Å². The summed E-state index contributed by atoms with van der Waals surface area (Å²) in [7, 11) is 0. The van der Waals surface area contributed by atoms with E-state index in [1.54, 1.807) is 34.1 Å². The number of amides is 2. The summed E-state index contributed by atoms with van der Waals surface area (Å²) < 4.78 is 5.16. The third-order valence-corrected chi connectivity index (χ3v) is 3.52. The monoisotopic (exact) mass is 301 g/mol. The summed E-state index contributed by atoms with van der Waals surface area (Å²) in [4.78, 5) is 27.4. The van der Waals surface area contributed by atoms with Gasteiger partial charge in [0.2, 0.25) is 11.8 Å². The molecule has 0 bridgehead atoms. The van der Waals surface area contributed by atoms with Crippen molar-refractivity contribution in [2.75, 3.05) is 37.7 Å². The molecule has 116 valence electrons. The van der Waals surface area contributed by atoms with Gasteiger partial charge in [-0.3, -0.25) is 9.59 Å². The van der Waals surface area contributed by atoms with Crippen molar-refractivity contribution in [2.45, 2.75) is 13.3 Å². The third-order valence-electron chi connectivity index (χ3n) is 3.52. The summed E-state index contributed by atoms with van der Waals surface area (Å²) in [5, 5.41) is 8.93. The molecule has 2 rings (SSSR count). The molecule has 0 aromatic heterocycles.